The monoisotopic (exact) mass is 439 g/mol. The lowest BCUT2D eigenvalue weighted by Crippen LogP contribution is -2.36. The van der Waals surface area contributed by atoms with Crippen LogP contribution in [-0.2, 0) is 12.4 Å². The second kappa shape index (κ2) is 7.44. The van der Waals surface area contributed by atoms with E-state index in [1.807, 2.05) is 0 Å². The van der Waals surface area contributed by atoms with Crippen molar-refractivity contribution in [2.24, 2.45) is 0 Å². The van der Waals surface area contributed by atoms with E-state index >= 15 is 0 Å². The van der Waals surface area contributed by atoms with Crippen LogP contribution in [0.2, 0.25) is 0 Å². The number of alkyl halides is 6. The topological polar surface area (TPSA) is 57.2 Å². The van der Waals surface area contributed by atoms with Crippen molar-refractivity contribution < 1.29 is 26.3 Å². The first-order chi connectivity index (χ1) is 14.6. The number of halogens is 6. The summed E-state index contributed by atoms with van der Waals surface area (Å²) in [5, 5.41) is 16.9. The van der Waals surface area contributed by atoms with Gasteiger partial charge in [-0.2, -0.15) is 31.6 Å². The molecule has 3 aromatic rings. The fourth-order valence-corrected chi connectivity index (χ4v) is 3.87. The Morgan fingerprint density at radius 1 is 1.00 bits per heavy atom. The number of fused-ring (bicyclic) bond motifs is 1. The third-order valence-corrected chi connectivity index (χ3v) is 5.31. The van der Waals surface area contributed by atoms with Crippen molar-refractivity contribution in [1.29, 1.82) is 5.26 Å². The number of nitrogens with zero attached hydrogens (tertiary/aromatic N) is 5. The van der Waals surface area contributed by atoms with Crippen molar-refractivity contribution in [1.82, 2.24) is 14.6 Å². The normalized spacial score (nSPS) is 17.7. The van der Waals surface area contributed by atoms with Crippen molar-refractivity contribution in [2.45, 2.75) is 31.1 Å². The van der Waals surface area contributed by atoms with Crippen LogP contribution in [0.5, 0.6) is 0 Å². The van der Waals surface area contributed by atoms with Crippen LogP contribution in [0.25, 0.3) is 5.65 Å². The molecule has 1 fully saturated rings. The molecule has 2 aromatic heterocycles. The van der Waals surface area contributed by atoms with E-state index < -0.39 is 29.4 Å². The molecule has 1 unspecified atom stereocenters. The smallest absolute Gasteiger partial charge is 0.370 e. The first kappa shape index (κ1) is 21.0. The molecule has 4 rings (SSSR count). The van der Waals surface area contributed by atoms with Crippen molar-refractivity contribution >= 4 is 11.3 Å². The van der Waals surface area contributed by atoms with Crippen LogP contribution in [0.1, 0.15) is 41.3 Å². The summed E-state index contributed by atoms with van der Waals surface area (Å²) < 4.78 is 81.3. The molecule has 1 saturated heterocycles. The minimum Gasteiger partial charge on any atom is -0.370 e. The second-order valence-corrected chi connectivity index (χ2v) is 7.33. The molecule has 0 saturated carbocycles. The standard InChI is InChI=1S/C20H15F6N5/c21-19(22,23)14-4-6-17-28-29-18(31(17)11-14)13-2-1-7-30(10-13)16-5-3-12(9-27)8-15(16)20(24,25)26/h3-6,8,11,13H,1-2,7,10H2. The van der Waals surface area contributed by atoms with E-state index in [1.165, 1.54) is 27.5 Å². The van der Waals surface area contributed by atoms with E-state index in [2.05, 4.69) is 10.2 Å². The van der Waals surface area contributed by atoms with E-state index in [4.69, 9.17) is 5.26 Å². The van der Waals surface area contributed by atoms with Gasteiger partial charge < -0.3 is 4.90 Å². The van der Waals surface area contributed by atoms with Gasteiger partial charge in [0.2, 0.25) is 0 Å². The van der Waals surface area contributed by atoms with Gasteiger partial charge in [-0.15, -0.1) is 10.2 Å². The molecule has 0 radical (unpaired) electrons. The highest BCUT2D eigenvalue weighted by molar-refractivity contribution is 5.58. The van der Waals surface area contributed by atoms with Crippen molar-refractivity contribution in [3.05, 3.63) is 59.0 Å². The number of anilines is 1. The van der Waals surface area contributed by atoms with Crippen molar-refractivity contribution in [2.75, 3.05) is 18.0 Å². The summed E-state index contributed by atoms with van der Waals surface area (Å²) >= 11 is 0. The minimum absolute atomic E-state index is 0.0685. The molecule has 0 N–H and O–H groups in total. The largest absolute Gasteiger partial charge is 0.418 e. The Hall–Kier alpha value is -3.29. The van der Waals surface area contributed by atoms with Crippen LogP contribution in [-0.4, -0.2) is 27.7 Å². The van der Waals surface area contributed by atoms with Crippen molar-refractivity contribution in [3.8, 4) is 6.07 Å². The maximum Gasteiger partial charge on any atom is 0.418 e. The van der Waals surface area contributed by atoms with Gasteiger partial charge in [0.15, 0.2) is 5.65 Å². The molecule has 1 atom stereocenters. The average molecular weight is 439 g/mol. The van der Waals surface area contributed by atoms with Crippen LogP contribution in [0.15, 0.2) is 36.5 Å². The molecular formula is C20H15F6N5. The number of hydrogen-bond donors (Lipinski definition) is 0. The number of hydrogen-bond acceptors (Lipinski definition) is 4. The predicted molar refractivity (Wildman–Crippen MR) is 98.3 cm³/mol. The Balaban J connectivity index is 1.70. The lowest BCUT2D eigenvalue weighted by atomic mass is 9.95. The van der Waals surface area contributed by atoms with Crippen LogP contribution in [0.3, 0.4) is 0 Å². The number of benzene rings is 1. The summed E-state index contributed by atoms with van der Waals surface area (Å²) in [6.07, 6.45) is -7.22. The van der Waals surface area contributed by atoms with Gasteiger partial charge in [0.1, 0.15) is 5.82 Å². The SMILES string of the molecule is N#Cc1ccc(N2CCCC(c3nnc4ccc(C(F)(F)F)cn34)C2)c(C(F)(F)F)c1. The van der Waals surface area contributed by atoms with Crippen molar-refractivity contribution in [3.63, 3.8) is 0 Å². The Bertz CT molecular complexity index is 1160. The van der Waals surface area contributed by atoms with Crippen LogP contribution in [0.4, 0.5) is 32.0 Å². The number of aromatic nitrogens is 3. The summed E-state index contributed by atoms with van der Waals surface area (Å²) in [6, 6.07) is 7.21. The molecule has 0 spiro atoms. The Kier molecular flexibility index (Phi) is 5.03. The Morgan fingerprint density at radius 2 is 1.77 bits per heavy atom. The number of pyridine rings is 1. The van der Waals surface area contributed by atoms with Gasteiger partial charge in [0, 0.05) is 30.9 Å². The van der Waals surface area contributed by atoms with Crippen LogP contribution in [0, 0.1) is 11.3 Å². The number of rotatable bonds is 2. The highest BCUT2D eigenvalue weighted by Gasteiger charge is 2.37. The van der Waals surface area contributed by atoms with Crippen LogP contribution < -0.4 is 4.90 Å². The van der Waals surface area contributed by atoms with E-state index in [-0.39, 0.29) is 29.3 Å². The highest BCUT2D eigenvalue weighted by Crippen LogP contribution is 2.40. The molecule has 0 amide bonds. The molecule has 1 aliphatic heterocycles. The highest BCUT2D eigenvalue weighted by atomic mass is 19.4. The molecule has 3 heterocycles. The van der Waals surface area contributed by atoms with E-state index in [0.717, 1.165) is 18.3 Å². The minimum atomic E-state index is -4.65. The number of nitriles is 1. The zero-order valence-corrected chi connectivity index (χ0v) is 15.9. The molecule has 31 heavy (non-hydrogen) atoms. The van der Waals surface area contributed by atoms with Gasteiger partial charge in [0.25, 0.3) is 0 Å². The molecule has 11 heteroatoms. The summed E-state index contributed by atoms with van der Waals surface area (Å²) in [7, 11) is 0. The van der Waals surface area contributed by atoms with Gasteiger partial charge >= 0.3 is 12.4 Å². The Labute approximate surface area is 172 Å². The summed E-state index contributed by atoms with van der Waals surface area (Å²) in [5.74, 6) is -0.142. The van der Waals surface area contributed by atoms with Gasteiger partial charge in [-0.05, 0) is 43.2 Å². The lowest BCUT2D eigenvalue weighted by molar-refractivity contribution is -0.138. The van der Waals surface area contributed by atoms with Gasteiger partial charge in [-0.25, -0.2) is 0 Å². The molecule has 162 valence electrons. The van der Waals surface area contributed by atoms with Gasteiger partial charge in [-0.3, -0.25) is 4.40 Å². The molecule has 0 bridgehead atoms. The predicted octanol–water partition coefficient (Wildman–Crippen LogP) is 5.02. The molecule has 5 nitrogen and oxygen atoms in total. The van der Waals surface area contributed by atoms with E-state index in [0.29, 0.717) is 19.4 Å². The molecule has 1 aromatic carbocycles. The first-order valence-corrected chi connectivity index (χ1v) is 9.36. The fraction of sp³-hybridized carbons (Fsp3) is 0.350. The zero-order valence-electron chi connectivity index (χ0n) is 15.9. The van der Waals surface area contributed by atoms with Crippen LogP contribution >= 0.6 is 0 Å². The zero-order chi connectivity index (χ0) is 22.4. The molecule has 1 aliphatic rings. The third kappa shape index (κ3) is 4.02. The van der Waals surface area contributed by atoms with E-state index in [1.54, 1.807) is 6.07 Å². The maximum absolute atomic E-state index is 13.6. The summed E-state index contributed by atoms with van der Waals surface area (Å²) in [6.45, 7) is 0.474. The van der Waals surface area contributed by atoms with Gasteiger partial charge in [-0.1, -0.05) is 0 Å². The third-order valence-electron chi connectivity index (χ3n) is 5.31. The van der Waals surface area contributed by atoms with E-state index in [9.17, 15) is 26.3 Å². The molecule has 0 aliphatic carbocycles. The average Bonchev–Trinajstić information content (AvgIpc) is 3.15. The first-order valence-electron chi connectivity index (χ1n) is 9.36. The quantitative estimate of drug-likeness (QED) is 0.526. The molecular weight excluding hydrogens is 424 g/mol. The summed E-state index contributed by atoms with van der Waals surface area (Å²) in [4.78, 5) is 1.53. The maximum atomic E-state index is 13.6. The number of piperidine rings is 1. The summed E-state index contributed by atoms with van der Waals surface area (Å²) in [5.41, 5.74) is -1.72. The fourth-order valence-electron chi connectivity index (χ4n) is 3.87. The van der Waals surface area contributed by atoms with Gasteiger partial charge in [0.05, 0.1) is 22.8 Å². The Morgan fingerprint density at radius 3 is 2.45 bits per heavy atom. The lowest BCUT2D eigenvalue weighted by Gasteiger charge is -2.35. The second-order valence-electron chi connectivity index (χ2n) is 7.33.